The van der Waals surface area contributed by atoms with Gasteiger partial charge in [0.2, 0.25) is 5.78 Å². The fourth-order valence-corrected chi connectivity index (χ4v) is 0.344. The van der Waals surface area contributed by atoms with Crippen molar-refractivity contribution in [3.05, 3.63) is 0 Å². The first-order chi connectivity index (χ1) is 4.88. The molecule has 64 valence electrons. The first-order valence-electron chi connectivity index (χ1n) is 2.69. The van der Waals surface area contributed by atoms with Crippen molar-refractivity contribution in [3.8, 4) is 0 Å². The number of hydrogen-bond donors (Lipinski definition) is 1. The molecule has 0 aliphatic rings. The van der Waals surface area contributed by atoms with E-state index in [1.54, 1.807) is 0 Å². The van der Waals surface area contributed by atoms with Gasteiger partial charge in [-0.15, -0.1) is 0 Å². The number of ketones is 1. The van der Waals surface area contributed by atoms with Crippen LogP contribution in [0.2, 0.25) is 0 Å². The van der Waals surface area contributed by atoms with Crippen molar-refractivity contribution in [1.29, 1.82) is 0 Å². The van der Waals surface area contributed by atoms with Crippen LogP contribution in [0.4, 0.5) is 13.2 Å². The van der Waals surface area contributed by atoms with Gasteiger partial charge >= 0.3 is 6.18 Å². The predicted molar refractivity (Wildman–Crippen MR) is 33.2 cm³/mol. The van der Waals surface area contributed by atoms with Crippen LogP contribution in [0.25, 0.3) is 0 Å². The summed E-state index contributed by atoms with van der Waals surface area (Å²) in [5.41, 5.74) is 4.90. The number of carbonyl (C=O) groups excluding carboxylic acids is 1. The summed E-state index contributed by atoms with van der Waals surface area (Å²) in [6.45, 7) is 0. The Morgan fingerprint density at radius 1 is 1.55 bits per heavy atom. The molecule has 0 saturated heterocycles. The van der Waals surface area contributed by atoms with Gasteiger partial charge in [0, 0.05) is 7.05 Å². The highest BCUT2D eigenvalue weighted by molar-refractivity contribution is 6.02. The topological polar surface area (TPSA) is 55.4 Å². The molecule has 0 bridgehead atoms. The summed E-state index contributed by atoms with van der Waals surface area (Å²) in [5.74, 6) is -2.19. The van der Waals surface area contributed by atoms with Crippen LogP contribution in [0.15, 0.2) is 4.99 Å². The molecule has 0 atom stereocenters. The van der Waals surface area contributed by atoms with Crippen molar-refractivity contribution >= 4 is 11.6 Å². The van der Waals surface area contributed by atoms with E-state index in [1.165, 1.54) is 7.05 Å². The number of amidine groups is 1. The lowest BCUT2D eigenvalue weighted by Crippen LogP contribution is -2.28. The Kier molecular flexibility index (Phi) is 3.03. The van der Waals surface area contributed by atoms with E-state index in [-0.39, 0.29) is 5.84 Å². The Morgan fingerprint density at radius 2 is 2.00 bits per heavy atom. The predicted octanol–water partition coefficient (Wildman–Crippen LogP) is 0.495. The number of rotatable bonds is 2. The van der Waals surface area contributed by atoms with Crippen molar-refractivity contribution in [2.75, 3.05) is 7.05 Å². The summed E-state index contributed by atoms with van der Waals surface area (Å²) in [6, 6.07) is 0. The average Bonchev–Trinajstić information content (AvgIpc) is 1.85. The van der Waals surface area contributed by atoms with Crippen molar-refractivity contribution in [1.82, 2.24) is 0 Å². The summed E-state index contributed by atoms with van der Waals surface area (Å²) in [4.78, 5) is 13.4. The molecule has 0 aliphatic heterocycles. The third-order valence-electron chi connectivity index (χ3n) is 0.945. The Morgan fingerprint density at radius 3 is 2.27 bits per heavy atom. The smallest absolute Gasteiger partial charge is 0.387 e. The molecule has 0 radical (unpaired) electrons. The zero-order chi connectivity index (χ0) is 9.07. The molecule has 11 heavy (non-hydrogen) atoms. The van der Waals surface area contributed by atoms with Crippen molar-refractivity contribution < 1.29 is 18.0 Å². The van der Waals surface area contributed by atoms with E-state index >= 15 is 0 Å². The van der Waals surface area contributed by atoms with Gasteiger partial charge in [0.15, 0.2) is 0 Å². The molecule has 0 aromatic heterocycles. The number of aliphatic imine (C=N–C) groups is 1. The highest BCUT2D eigenvalue weighted by atomic mass is 19.4. The van der Waals surface area contributed by atoms with Crippen LogP contribution in [-0.2, 0) is 4.79 Å². The molecule has 0 heterocycles. The molecule has 0 unspecified atom stereocenters. The first-order valence-corrected chi connectivity index (χ1v) is 2.69. The van der Waals surface area contributed by atoms with Gasteiger partial charge in [-0.1, -0.05) is 0 Å². The number of nitrogens with zero attached hydrogens (tertiary/aromatic N) is 1. The lowest BCUT2D eigenvalue weighted by atomic mass is 10.2. The minimum Gasteiger partial charge on any atom is -0.387 e. The number of carbonyl (C=O) groups is 1. The lowest BCUT2D eigenvalue weighted by molar-refractivity contribution is -0.169. The van der Waals surface area contributed by atoms with Gasteiger partial charge in [-0.2, -0.15) is 13.2 Å². The fraction of sp³-hybridized carbons (Fsp3) is 0.600. The molecule has 6 heteroatoms. The Labute approximate surface area is 61.1 Å². The van der Waals surface area contributed by atoms with Gasteiger partial charge in [0.05, 0.1) is 6.42 Å². The second-order valence-corrected chi connectivity index (χ2v) is 1.81. The first kappa shape index (κ1) is 9.93. The standard InChI is InChI=1S/C5H7F3N2O/c1-10-4(9)2-3(11)5(6,7)8/h2H2,1H3,(H2,9,10). The Bertz CT molecular complexity index is 185. The van der Waals surface area contributed by atoms with Gasteiger partial charge < -0.3 is 5.73 Å². The molecule has 0 aromatic rings. The molecule has 0 aromatic carbocycles. The van der Waals surface area contributed by atoms with E-state index in [1.807, 2.05) is 0 Å². The molecule has 0 rings (SSSR count). The molecule has 0 spiro atoms. The number of nitrogens with two attached hydrogens (primary N) is 1. The summed E-state index contributed by atoms with van der Waals surface area (Å²) < 4.78 is 34.5. The fourth-order valence-electron chi connectivity index (χ4n) is 0.344. The molecular formula is C5H7F3N2O. The minimum absolute atomic E-state index is 0.313. The molecule has 2 N–H and O–H groups in total. The molecule has 0 aliphatic carbocycles. The molecule has 0 amide bonds. The van der Waals surface area contributed by atoms with E-state index in [2.05, 4.69) is 4.99 Å². The maximum atomic E-state index is 11.5. The number of halogens is 3. The summed E-state index contributed by atoms with van der Waals surface area (Å²) in [5, 5.41) is 0. The second-order valence-electron chi connectivity index (χ2n) is 1.81. The zero-order valence-electron chi connectivity index (χ0n) is 5.77. The third kappa shape index (κ3) is 3.59. The van der Waals surface area contributed by atoms with Gasteiger partial charge in [-0.25, -0.2) is 0 Å². The number of Topliss-reactive ketones (excluding diaryl/α,β-unsaturated/α-hetero) is 1. The van der Waals surface area contributed by atoms with E-state index in [4.69, 9.17) is 5.73 Å². The number of hydrogen-bond acceptors (Lipinski definition) is 2. The van der Waals surface area contributed by atoms with E-state index in [0.717, 1.165) is 0 Å². The summed E-state index contributed by atoms with van der Waals surface area (Å²) in [6.07, 6.45) is -5.67. The third-order valence-corrected chi connectivity index (χ3v) is 0.945. The maximum absolute atomic E-state index is 11.5. The van der Waals surface area contributed by atoms with Crippen LogP contribution in [-0.4, -0.2) is 24.8 Å². The normalized spacial score (nSPS) is 13.3. The summed E-state index contributed by atoms with van der Waals surface area (Å²) in [7, 11) is 1.22. The van der Waals surface area contributed by atoms with Crippen LogP contribution in [0.1, 0.15) is 6.42 Å². The maximum Gasteiger partial charge on any atom is 0.450 e. The highest BCUT2D eigenvalue weighted by Crippen LogP contribution is 2.17. The van der Waals surface area contributed by atoms with Crippen molar-refractivity contribution in [2.45, 2.75) is 12.6 Å². The van der Waals surface area contributed by atoms with E-state index in [0.29, 0.717) is 0 Å². The van der Waals surface area contributed by atoms with Crippen LogP contribution in [0, 0.1) is 0 Å². The van der Waals surface area contributed by atoms with Crippen molar-refractivity contribution in [2.24, 2.45) is 10.7 Å². The van der Waals surface area contributed by atoms with Crippen molar-refractivity contribution in [3.63, 3.8) is 0 Å². The Hall–Kier alpha value is -1.07. The van der Waals surface area contributed by atoms with Gasteiger partial charge in [0.1, 0.15) is 5.84 Å². The van der Waals surface area contributed by atoms with Crippen LogP contribution in [0.3, 0.4) is 0 Å². The van der Waals surface area contributed by atoms with Gasteiger partial charge in [-0.05, 0) is 0 Å². The van der Waals surface area contributed by atoms with E-state index in [9.17, 15) is 18.0 Å². The van der Waals surface area contributed by atoms with Gasteiger partial charge in [0.25, 0.3) is 0 Å². The Balaban J connectivity index is 4.10. The van der Waals surface area contributed by atoms with Crippen LogP contribution < -0.4 is 5.73 Å². The molecule has 0 saturated carbocycles. The van der Waals surface area contributed by atoms with Crippen LogP contribution in [0.5, 0.6) is 0 Å². The highest BCUT2D eigenvalue weighted by Gasteiger charge is 2.38. The van der Waals surface area contributed by atoms with Crippen LogP contribution >= 0.6 is 0 Å². The van der Waals surface area contributed by atoms with Gasteiger partial charge in [-0.3, -0.25) is 9.79 Å². The minimum atomic E-state index is -4.81. The monoisotopic (exact) mass is 168 g/mol. The molecular weight excluding hydrogens is 161 g/mol. The lowest BCUT2D eigenvalue weighted by Gasteiger charge is -2.03. The molecule has 3 nitrogen and oxygen atoms in total. The number of alkyl halides is 3. The average molecular weight is 168 g/mol. The SMILES string of the molecule is CN=C(N)CC(=O)C(F)(F)F. The molecule has 0 fully saturated rings. The summed E-state index contributed by atoms with van der Waals surface area (Å²) >= 11 is 0. The van der Waals surface area contributed by atoms with E-state index < -0.39 is 18.4 Å². The zero-order valence-corrected chi connectivity index (χ0v) is 5.77. The second kappa shape index (κ2) is 3.36. The quantitative estimate of drug-likeness (QED) is 0.482. The largest absolute Gasteiger partial charge is 0.450 e.